The highest BCUT2D eigenvalue weighted by atomic mass is 15.1. The molecule has 1 heteroatoms. The van der Waals surface area contributed by atoms with E-state index in [-0.39, 0.29) is 0 Å². The molecule has 86 valence electrons. The summed E-state index contributed by atoms with van der Waals surface area (Å²) in [5.74, 6) is 0.980. The lowest BCUT2D eigenvalue weighted by Gasteiger charge is -2.35. The van der Waals surface area contributed by atoms with Crippen LogP contribution in [0, 0.1) is 5.92 Å². The van der Waals surface area contributed by atoms with Gasteiger partial charge in [0, 0.05) is 25.2 Å². The lowest BCUT2D eigenvalue weighted by molar-refractivity contribution is 0.215. The van der Waals surface area contributed by atoms with Crippen molar-refractivity contribution in [3.8, 4) is 0 Å². The van der Waals surface area contributed by atoms with Crippen molar-refractivity contribution in [2.45, 2.75) is 46.0 Å². The molecule has 1 fully saturated rings. The molecule has 0 radical (unpaired) electrons. The van der Waals surface area contributed by atoms with E-state index < -0.39 is 0 Å². The standard InChI is InChI=1S/C14H25N/c1-4-7-13-9-11-15(12-10-13)14(6-3)8-5-2/h5-6,13H,2,4,7-12H2,1,3H3/b14-6-. The number of hydrogen-bond acceptors (Lipinski definition) is 1. The molecule has 1 heterocycles. The van der Waals surface area contributed by atoms with Crippen LogP contribution in [0.1, 0.15) is 46.0 Å². The molecule has 0 aliphatic carbocycles. The summed E-state index contributed by atoms with van der Waals surface area (Å²) in [6, 6.07) is 0. The summed E-state index contributed by atoms with van der Waals surface area (Å²) in [5.41, 5.74) is 1.46. The maximum Gasteiger partial charge on any atom is 0.0177 e. The van der Waals surface area contributed by atoms with Gasteiger partial charge in [0.1, 0.15) is 0 Å². The third-order valence-electron chi connectivity index (χ3n) is 3.40. The highest BCUT2D eigenvalue weighted by molar-refractivity contribution is 5.05. The fraction of sp³-hybridized carbons (Fsp3) is 0.714. The zero-order chi connectivity index (χ0) is 11.1. The summed E-state index contributed by atoms with van der Waals surface area (Å²) < 4.78 is 0. The van der Waals surface area contributed by atoms with Crippen LogP contribution in [0.4, 0.5) is 0 Å². The molecule has 1 nitrogen and oxygen atoms in total. The van der Waals surface area contributed by atoms with Crippen molar-refractivity contribution in [2.24, 2.45) is 5.92 Å². The first-order chi connectivity index (χ1) is 7.31. The zero-order valence-corrected chi connectivity index (χ0v) is 10.3. The normalized spacial score (nSPS) is 19.3. The lowest BCUT2D eigenvalue weighted by Crippen LogP contribution is -2.32. The Morgan fingerprint density at radius 1 is 1.40 bits per heavy atom. The van der Waals surface area contributed by atoms with Gasteiger partial charge in [0.25, 0.3) is 0 Å². The van der Waals surface area contributed by atoms with Gasteiger partial charge in [-0.1, -0.05) is 31.9 Å². The molecule has 0 unspecified atom stereocenters. The maximum atomic E-state index is 3.82. The minimum absolute atomic E-state index is 0.980. The highest BCUT2D eigenvalue weighted by Gasteiger charge is 2.18. The zero-order valence-electron chi connectivity index (χ0n) is 10.3. The Balaban J connectivity index is 2.38. The third kappa shape index (κ3) is 3.73. The van der Waals surface area contributed by atoms with Gasteiger partial charge in [-0.25, -0.2) is 0 Å². The van der Waals surface area contributed by atoms with Gasteiger partial charge in [-0.2, -0.15) is 0 Å². The summed E-state index contributed by atoms with van der Waals surface area (Å²) in [6.45, 7) is 10.7. The molecule has 0 spiro atoms. The van der Waals surface area contributed by atoms with Crippen LogP contribution in [0.15, 0.2) is 24.4 Å². The Morgan fingerprint density at radius 3 is 2.53 bits per heavy atom. The van der Waals surface area contributed by atoms with Crippen molar-refractivity contribution < 1.29 is 0 Å². The van der Waals surface area contributed by atoms with Gasteiger partial charge in [0.05, 0.1) is 0 Å². The minimum Gasteiger partial charge on any atom is -0.375 e. The topological polar surface area (TPSA) is 3.24 Å². The molecule has 15 heavy (non-hydrogen) atoms. The molecule has 0 atom stereocenters. The fourth-order valence-corrected chi connectivity index (χ4v) is 2.49. The van der Waals surface area contributed by atoms with Crippen LogP contribution in [0.3, 0.4) is 0 Å². The van der Waals surface area contributed by atoms with E-state index in [1.165, 1.54) is 44.5 Å². The van der Waals surface area contributed by atoms with E-state index in [1.807, 2.05) is 6.08 Å². The second-order valence-corrected chi connectivity index (χ2v) is 4.49. The molecule has 0 bridgehead atoms. The van der Waals surface area contributed by atoms with Crippen LogP contribution in [0.5, 0.6) is 0 Å². The predicted molar refractivity (Wildman–Crippen MR) is 67.8 cm³/mol. The van der Waals surface area contributed by atoms with Crippen LogP contribution in [-0.4, -0.2) is 18.0 Å². The second kappa shape index (κ2) is 6.71. The van der Waals surface area contributed by atoms with E-state index in [2.05, 4.69) is 31.4 Å². The molecular formula is C14H25N. The molecule has 0 saturated carbocycles. The molecule has 0 aromatic rings. The molecule has 0 amide bonds. The first-order valence-electron chi connectivity index (χ1n) is 6.32. The average molecular weight is 207 g/mol. The predicted octanol–water partition coefficient (Wildman–Crippen LogP) is 3.98. The summed E-state index contributed by atoms with van der Waals surface area (Å²) in [6.07, 6.45) is 10.8. The average Bonchev–Trinajstić information content (AvgIpc) is 2.28. The minimum atomic E-state index is 0.980. The summed E-state index contributed by atoms with van der Waals surface area (Å²) >= 11 is 0. The van der Waals surface area contributed by atoms with Gasteiger partial charge < -0.3 is 4.90 Å². The van der Waals surface area contributed by atoms with Crippen molar-refractivity contribution in [1.29, 1.82) is 0 Å². The first kappa shape index (κ1) is 12.4. The van der Waals surface area contributed by atoms with Crippen LogP contribution in [0.25, 0.3) is 0 Å². The Hall–Kier alpha value is -0.720. The van der Waals surface area contributed by atoms with E-state index >= 15 is 0 Å². The Morgan fingerprint density at radius 2 is 2.07 bits per heavy atom. The number of likely N-dealkylation sites (tertiary alicyclic amines) is 1. The largest absolute Gasteiger partial charge is 0.375 e. The van der Waals surface area contributed by atoms with E-state index in [9.17, 15) is 0 Å². The molecular weight excluding hydrogens is 182 g/mol. The number of rotatable bonds is 5. The van der Waals surface area contributed by atoms with Gasteiger partial charge in [-0.05, 0) is 25.7 Å². The first-order valence-corrected chi connectivity index (χ1v) is 6.32. The van der Waals surface area contributed by atoms with Gasteiger partial charge in [-0.15, -0.1) is 6.58 Å². The van der Waals surface area contributed by atoms with Crippen molar-refractivity contribution in [1.82, 2.24) is 4.90 Å². The van der Waals surface area contributed by atoms with Gasteiger partial charge in [0.2, 0.25) is 0 Å². The second-order valence-electron chi connectivity index (χ2n) is 4.49. The summed E-state index contributed by atoms with van der Waals surface area (Å²) in [7, 11) is 0. The van der Waals surface area contributed by atoms with Crippen molar-refractivity contribution in [2.75, 3.05) is 13.1 Å². The van der Waals surface area contributed by atoms with Gasteiger partial charge >= 0.3 is 0 Å². The van der Waals surface area contributed by atoms with Crippen molar-refractivity contribution in [3.63, 3.8) is 0 Å². The number of piperidine rings is 1. The number of nitrogens with zero attached hydrogens (tertiary/aromatic N) is 1. The Kier molecular flexibility index (Phi) is 5.52. The fourth-order valence-electron chi connectivity index (χ4n) is 2.49. The monoisotopic (exact) mass is 207 g/mol. The quantitative estimate of drug-likeness (QED) is 0.616. The SMILES string of the molecule is C=CC/C(=C/C)N1CCC(CCC)CC1. The van der Waals surface area contributed by atoms with Crippen molar-refractivity contribution in [3.05, 3.63) is 24.4 Å². The van der Waals surface area contributed by atoms with E-state index in [4.69, 9.17) is 0 Å². The maximum absolute atomic E-state index is 3.82. The van der Waals surface area contributed by atoms with Crippen molar-refractivity contribution >= 4 is 0 Å². The molecule has 1 saturated heterocycles. The molecule has 0 aromatic carbocycles. The van der Waals surface area contributed by atoms with E-state index in [0.717, 1.165) is 12.3 Å². The number of hydrogen-bond donors (Lipinski definition) is 0. The third-order valence-corrected chi connectivity index (χ3v) is 3.40. The molecule has 0 N–H and O–H groups in total. The van der Waals surface area contributed by atoms with Gasteiger partial charge in [0.15, 0.2) is 0 Å². The smallest absolute Gasteiger partial charge is 0.0177 e. The lowest BCUT2D eigenvalue weighted by atomic mass is 9.92. The molecule has 0 aromatic heterocycles. The van der Waals surface area contributed by atoms with Crippen LogP contribution < -0.4 is 0 Å². The molecule has 1 aliphatic rings. The van der Waals surface area contributed by atoms with Crippen LogP contribution >= 0.6 is 0 Å². The molecule has 1 rings (SSSR count). The number of allylic oxidation sites excluding steroid dienone is 2. The molecule has 1 aliphatic heterocycles. The Bertz CT molecular complexity index is 209. The van der Waals surface area contributed by atoms with Gasteiger partial charge in [-0.3, -0.25) is 0 Å². The summed E-state index contributed by atoms with van der Waals surface area (Å²) in [5, 5.41) is 0. The van der Waals surface area contributed by atoms with Crippen LogP contribution in [-0.2, 0) is 0 Å². The summed E-state index contributed by atoms with van der Waals surface area (Å²) in [4.78, 5) is 2.54. The van der Waals surface area contributed by atoms with E-state index in [1.54, 1.807) is 0 Å². The Labute approximate surface area is 94.9 Å². The highest BCUT2D eigenvalue weighted by Crippen LogP contribution is 2.24. The van der Waals surface area contributed by atoms with Crippen LogP contribution in [0.2, 0.25) is 0 Å². The van der Waals surface area contributed by atoms with E-state index in [0.29, 0.717) is 0 Å².